The molecule has 1 aliphatic heterocycles. The zero-order valence-electron chi connectivity index (χ0n) is 6.69. The highest BCUT2D eigenvalue weighted by Gasteiger charge is 2.02. The van der Waals surface area contributed by atoms with Crippen molar-refractivity contribution in [1.29, 1.82) is 0 Å². The van der Waals surface area contributed by atoms with Gasteiger partial charge in [0.1, 0.15) is 5.75 Å². The van der Waals surface area contributed by atoms with Gasteiger partial charge in [-0.25, -0.2) is 4.99 Å². The molecule has 1 aromatic heterocycles. The van der Waals surface area contributed by atoms with Crippen molar-refractivity contribution in [1.82, 2.24) is 4.98 Å². The Hall–Kier alpha value is -1.64. The predicted molar refractivity (Wildman–Crippen MR) is 47.0 cm³/mol. The first-order valence-electron chi connectivity index (χ1n) is 3.68. The van der Waals surface area contributed by atoms with Crippen LogP contribution in [0.1, 0.15) is 12.5 Å². The van der Waals surface area contributed by atoms with Gasteiger partial charge in [0.2, 0.25) is 0 Å². The van der Waals surface area contributed by atoms with Crippen molar-refractivity contribution in [3.8, 4) is 5.75 Å². The van der Waals surface area contributed by atoms with Gasteiger partial charge in [0.25, 0.3) is 0 Å². The van der Waals surface area contributed by atoms with E-state index in [9.17, 15) is 0 Å². The average Bonchev–Trinajstić information content (AvgIpc) is 2.25. The minimum absolute atomic E-state index is 0.797. The van der Waals surface area contributed by atoms with E-state index in [1.54, 1.807) is 12.4 Å². The van der Waals surface area contributed by atoms with Crippen molar-refractivity contribution in [3.05, 3.63) is 29.7 Å². The van der Waals surface area contributed by atoms with E-state index in [0.29, 0.717) is 0 Å². The van der Waals surface area contributed by atoms with Crippen LogP contribution in [-0.2, 0) is 0 Å². The molecule has 0 aliphatic carbocycles. The lowest BCUT2D eigenvalue weighted by atomic mass is 10.2. The topological polar surface area (TPSA) is 34.5 Å². The summed E-state index contributed by atoms with van der Waals surface area (Å²) < 4.78 is 5.24. The van der Waals surface area contributed by atoms with Crippen LogP contribution in [0.15, 0.2) is 29.1 Å². The maximum atomic E-state index is 5.24. The fraction of sp³-hybridized carbons (Fsp3) is 0.111. The lowest BCUT2D eigenvalue weighted by Gasteiger charge is -1.99. The Morgan fingerprint density at radius 3 is 3.25 bits per heavy atom. The van der Waals surface area contributed by atoms with Crippen LogP contribution in [0.4, 0.5) is 0 Å². The number of allylic oxidation sites excluding steroid dienone is 1. The normalized spacial score (nSPS) is 14.2. The van der Waals surface area contributed by atoms with Crippen LogP contribution >= 0.6 is 0 Å². The third-order valence-electron chi connectivity index (χ3n) is 1.61. The quantitative estimate of drug-likeness (QED) is 0.580. The number of hydrogen-bond donors (Lipinski definition) is 0. The summed E-state index contributed by atoms with van der Waals surface area (Å²) in [4.78, 5) is 8.02. The molecule has 0 aromatic carbocycles. The SMILES string of the molecule is CC1=Cc2cnccc2OC=N1. The van der Waals surface area contributed by atoms with E-state index in [1.165, 1.54) is 6.40 Å². The highest BCUT2D eigenvalue weighted by Crippen LogP contribution is 2.21. The highest BCUT2D eigenvalue weighted by atomic mass is 16.5. The zero-order valence-corrected chi connectivity index (χ0v) is 6.69. The van der Waals surface area contributed by atoms with Gasteiger partial charge in [0.05, 0.1) is 0 Å². The molecule has 0 saturated heterocycles. The molecule has 3 nitrogen and oxygen atoms in total. The van der Waals surface area contributed by atoms with E-state index >= 15 is 0 Å². The Morgan fingerprint density at radius 1 is 1.42 bits per heavy atom. The fourth-order valence-electron chi connectivity index (χ4n) is 1.04. The first-order chi connectivity index (χ1) is 5.86. The van der Waals surface area contributed by atoms with Crippen molar-refractivity contribution in [2.45, 2.75) is 6.92 Å². The Morgan fingerprint density at radius 2 is 2.33 bits per heavy atom. The highest BCUT2D eigenvalue weighted by molar-refractivity contribution is 5.67. The number of ether oxygens (including phenoxy) is 1. The van der Waals surface area contributed by atoms with Gasteiger partial charge in [-0.05, 0) is 19.1 Å². The van der Waals surface area contributed by atoms with Crippen molar-refractivity contribution in [2.24, 2.45) is 4.99 Å². The number of pyridine rings is 1. The molecule has 0 atom stereocenters. The number of rotatable bonds is 0. The minimum atomic E-state index is 0.797. The summed E-state index contributed by atoms with van der Waals surface area (Å²) in [6, 6.07) is 1.82. The molecular formula is C9H8N2O. The number of nitrogens with zero attached hydrogens (tertiary/aromatic N) is 2. The second-order valence-corrected chi connectivity index (χ2v) is 2.55. The molecule has 12 heavy (non-hydrogen) atoms. The number of aromatic nitrogens is 1. The van der Waals surface area contributed by atoms with Crippen molar-refractivity contribution >= 4 is 12.5 Å². The second kappa shape index (κ2) is 2.77. The van der Waals surface area contributed by atoms with Gasteiger partial charge in [-0.3, -0.25) is 4.98 Å². The molecule has 0 unspecified atom stereocenters. The molecule has 0 N–H and O–H groups in total. The summed E-state index contributed by atoms with van der Waals surface area (Å²) in [7, 11) is 0. The van der Waals surface area contributed by atoms with E-state index < -0.39 is 0 Å². The van der Waals surface area contributed by atoms with Crippen LogP contribution < -0.4 is 4.74 Å². The monoisotopic (exact) mass is 160 g/mol. The van der Waals surface area contributed by atoms with Gasteiger partial charge in [-0.15, -0.1) is 0 Å². The smallest absolute Gasteiger partial charge is 0.181 e. The van der Waals surface area contributed by atoms with Crippen LogP contribution in [-0.4, -0.2) is 11.4 Å². The average molecular weight is 160 g/mol. The molecular weight excluding hydrogens is 152 g/mol. The standard InChI is InChI=1S/C9H8N2O/c1-7-4-8-5-10-3-2-9(8)12-6-11-7/h2-6H,1H3. The molecule has 3 heteroatoms. The Bertz CT molecular complexity index is 355. The van der Waals surface area contributed by atoms with Crippen LogP contribution in [0.3, 0.4) is 0 Å². The maximum Gasteiger partial charge on any atom is 0.181 e. The number of fused-ring (bicyclic) bond motifs is 1. The van der Waals surface area contributed by atoms with E-state index in [4.69, 9.17) is 4.74 Å². The summed E-state index contributed by atoms with van der Waals surface area (Å²) >= 11 is 0. The van der Waals surface area contributed by atoms with Crippen LogP contribution in [0, 0.1) is 0 Å². The summed E-state index contributed by atoms with van der Waals surface area (Å²) in [6.45, 7) is 1.92. The molecule has 0 fully saturated rings. The molecule has 0 bridgehead atoms. The molecule has 0 amide bonds. The largest absolute Gasteiger partial charge is 0.445 e. The van der Waals surface area contributed by atoms with Crippen molar-refractivity contribution in [2.75, 3.05) is 0 Å². The minimum Gasteiger partial charge on any atom is -0.445 e. The predicted octanol–water partition coefficient (Wildman–Crippen LogP) is 1.86. The molecule has 60 valence electrons. The molecule has 0 spiro atoms. The summed E-state index contributed by atoms with van der Waals surface area (Å²) in [5.74, 6) is 0.797. The summed E-state index contributed by atoms with van der Waals surface area (Å²) in [5, 5.41) is 0. The summed E-state index contributed by atoms with van der Waals surface area (Å²) in [6.07, 6.45) is 6.83. The Labute approximate surface area is 70.4 Å². The van der Waals surface area contributed by atoms with E-state index in [2.05, 4.69) is 9.98 Å². The Balaban J connectivity index is 2.54. The van der Waals surface area contributed by atoms with E-state index in [0.717, 1.165) is 17.0 Å². The van der Waals surface area contributed by atoms with Gasteiger partial charge >= 0.3 is 0 Å². The van der Waals surface area contributed by atoms with Crippen LogP contribution in [0.5, 0.6) is 5.75 Å². The van der Waals surface area contributed by atoms with E-state index in [-0.39, 0.29) is 0 Å². The number of hydrogen-bond acceptors (Lipinski definition) is 3. The summed E-state index contributed by atoms with van der Waals surface area (Å²) in [5.41, 5.74) is 1.88. The maximum absolute atomic E-state index is 5.24. The molecule has 2 rings (SSSR count). The number of aliphatic imine (C=N–C) groups is 1. The first kappa shape index (κ1) is 7.03. The lowest BCUT2D eigenvalue weighted by Crippen LogP contribution is -1.89. The van der Waals surface area contributed by atoms with Gasteiger partial charge in [0.15, 0.2) is 6.40 Å². The van der Waals surface area contributed by atoms with Gasteiger partial charge in [-0.1, -0.05) is 0 Å². The van der Waals surface area contributed by atoms with E-state index in [1.807, 2.05) is 19.1 Å². The third-order valence-corrected chi connectivity index (χ3v) is 1.61. The molecule has 0 radical (unpaired) electrons. The molecule has 2 heterocycles. The van der Waals surface area contributed by atoms with Crippen LogP contribution in [0.2, 0.25) is 0 Å². The fourth-order valence-corrected chi connectivity index (χ4v) is 1.04. The lowest BCUT2D eigenvalue weighted by molar-refractivity contribution is 0.572. The zero-order chi connectivity index (χ0) is 8.39. The molecule has 0 saturated carbocycles. The molecule has 1 aliphatic rings. The third kappa shape index (κ3) is 1.21. The first-order valence-corrected chi connectivity index (χ1v) is 3.68. The second-order valence-electron chi connectivity index (χ2n) is 2.55. The molecule has 1 aromatic rings. The van der Waals surface area contributed by atoms with Gasteiger partial charge < -0.3 is 4.74 Å². The van der Waals surface area contributed by atoms with Crippen molar-refractivity contribution in [3.63, 3.8) is 0 Å². The van der Waals surface area contributed by atoms with Crippen LogP contribution in [0.25, 0.3) is 6.08 Å². The Kier molecular flexibility index (Phi) is 1.63. The van der Waals surface area contributed by atoms with Gasteiger partial charge in [0, 0.05) is 23.7 Å². The van der Waals surface area contributed by atoms with Gasteiger partial charge in [-0.2, -0.15) is 0 Å². The van der Waals surface area contributed by atoms with Crippen molar-refractivity contribution < 1.29 is 4.74 Å².